The van der Waals surface area contributed by atoms with Crippen molar-refractivity contribution in [2.75, 3.05) is 0 Å². The Balaban J connectivity index is 1.54. The van der Waals surface area contributed by atoms with E-state index in [0.717, 1.165) is 5.56 Å². The summed E-state index contributed by atoms with van der Waals surface area (Å²) in [5, 5.41) is 4.64. The second kappa shape index (κ2) is 6.97. The molecule has 0 bridgehead atoms. The lowest BCUT2D eigenvalue weighted by atomic mass is 10.2. The molecule has 0 spiro atoms. The van der Waals surface area contributed by atoms with E-state index < -0.39 is 0 Å². The number of nitrogens with zero attached hydrogens (tertiary/aromatic N) is 3. The van der Waals surface area contributed by atoms with Crippen molar-refractivity contribution >= 4 is 54.9 Å². The average molecular weight is 443 g/mol. The molecule has 5 aromatic heterocycles. The van der Waals surface area contributed by atoms with Gasteiger partial charge >= 0.3 is 0 Å². The van der Waals surface area contributed by atoms with Gasteiger partial charge in [-0.05, 0) is 30.5 Å². The molecule has 1 unspecified atom stereocenters. The molecule has 1 N–H and O–H groups in total. The van der Waals surface area contributed by atoms with E-state index in [4.69, 9.17) is 4.42 Å². The van der Waals surface area contributed by atoms with Gasteiger partial charge in [0.25, 0.3) is 11.1 Å². The fraction of sp³-hybridized carbons (Fsp3) is 0.158. The van der Waals surface area contributed by atoms with Crippen molar-refractivity contribution in [2.45, 2.75) is 17.3 Å². The molecule has 7 nitrogen and oxygen atoms in total. The van der Waals surface area contributed by atoms with E-state index in [9.17, 15) is 9.59 Å². The zero-order chi connectivity index (χ0) is 20.1. The van der Waals surface area contributed by atoms with Crippen LogP contribution < -0.4 is 11.1 Å². The lowest BCUT2D eigenvalue weighted by molar-refractivity contribution is 0.583. The van der Waals surface area contributed by atoms with Gasteiger partial charge < -0.3 is 9.40 Å². The summed E-state index contributed by atoms with van der Waals surface area (Å²) in [6.07, 6.45) is 1.58. The summed E-state index contributed by atoms with van der Waals surface area (Å²) < 4.78 is 7.61. The van der Waals surface area contributed by atoms with E-state index in [1.807, 2.05) is 29.8 Å². The van der Waals surface area contributed by atoms with E-state index in [1.165, 1.54) is 39.0 Å². The van der Waals surface area contributed by atoms with Crippen LogP contribution in [-0.4, -0.2) is 19.5 Å². The summed E-state index contributed by atoms with van der Waals surface area (Å²) >= 11 is 4.18. The van der Waals surface area contributed by atoms with E-state index in [2.05, 4.69) is 15.0 Å². The number of rotatable bonds is 4. The molecule has 5 rings (SSSR count). The SMILES string of the molecule is CC(Sc1nc2ccsc2c(=O)n1C)c1nc2scc(-c3ccco3)c2c(=O)[nH]1. The van der Waals surface area contributed by atoms with Crippen molar-refractivity contribution in [2.24, 2.45) is 7.05 Å². The third-order valence-corrected chi connectivity index (χ3v) is 7.48. The Bertz CT molecular complexity index is 1460. The lowest BCUT2D eigenvalue weighted by Gasteiger charge is -2.12. The van der Waals surface area contributed by atoms with Crippen LogP contribution in [0.4, 0.5) is 0 Å². The minimum absolute atomic E-state index is 0.0713. The van der Waals surface area contributed by atoms with Crippen molar-refractivity contribution in [1.82, 2.24) is 19.5 Å². The molecule has 0 aliphatic carbocycles. The quantitative estimate of drug-likeness (QED) is 0.327. The van der Waals surface area contributed by atoms with Gasteiger partial charge in [0, 0.05) is 18.0 Å². The number of hydrogen-bond donors (Lipinski definition) is 1. The summed E-state index contributed by atoms with van der Waals surface area (Å²) in [4.78, 5) is 38.1. The lowest BCUT2D eigenvalue weighted by Crippen LogP contribution is -2.19. The molecular formula is C19H14N4O3S3. The molecule has 1 atom stereocenters. The largest absolute Gasteiger partial charge is 0.464 e. The molecule has 0 aliphatic heterocycles. The van der Waals surface area contributed by atoms with Crippen molar-refractivity contribution in [3.63, 3.8) is 0 Å². The normalized spacial score (nSPS) is 12.8. The van der Waals surface area contributed by atoms with Gasteiger partial charge in [-0.25, -0.2) is 9.97 Å². The van der Waals surface area contributed by atoms with Crippen LogP contribution in [0.1, 0.15) is 18.0 Å². The Hall–Kier alpha value is -2.69. The third-order valence-electron chi connectivity index (χ3n) is 4.56. The first kappa shape index (κ1) is 18.3. The monoisotopic (exact) mass is 442 g/mol. The van der Waals surface area contributed by atoms with Crippen LogP contribution in [0.25, 0.3) is 31.8 Å². The molecule has 10 heteroatoms. The Morgan fingerprint density at radius 1 is 1.24 bits per heavy atom. The maximum absolute atomic E-state index is 12.8. The Morgan fingerprint density at radius 3 is 2.90 bits per heavy atom. The average Bonchev–Trinajstić information content (AvgIpc) is 3.44. The first-order valence-electron chi connectivity index (χ1n) is 8.69. The fourth-order valence-electron chi connectivity index (χ4n) is 3.06. The summed E-state index contributed by atoms with van der Waals surface area (Å²) in [7, 11) is 1.71. The van der Waals surface area contributed by atoms with E-state index >= 15 is 0 Å². The molecule has 0 radical (unpaired) electrons. The van der Waals surface area contributed by atoms with Crippen molar-refractivity contribution in [3.8, 4) is 11.3 Å². The van der Waals surface area contributed by atoms with Crippen LogP contribution in [0.3, 0.4) is 0 Å². The van der Waals surface area contributed by atoms with E-state index in [0.29, 0.717) is 37.2 Å². The molecule has 5 heterocycles. The van der Waals surface area contributed by atoms with Gasteiger partial charge in [-0.3, -0.25) is 14.2 Å². The van der Waals surface area contributed by atoms with Crippen LogP contribution in [0.5, 0.6) is 0 Å². The fourth-order valence-corrected chi connectivity index (χ4v) is 5.73. The van der Waals surface area contributed by atoms with Gasteiger partial charge in [0.1, 0.15) is 21.1 Å². The van der Waals surface area contributed by atoms with Gasteiger partial charge in [0.2, 0.25) is 0 Å². The molecule has 146 valence electrons. The van der Waals surface area contributed by atoms with Crippen LogP contribution >= 0.6 is 34.4 Å². The van der Waals surface area contributed by atoms with Crippen molar-refractivity contribution in [1.29, 1.82) is 0 Å². The predicted molar refractivity (Wildman–Crippen MR) is 117 cm³/mol. The maximum Gasteiger partial charge on any atom is 0.271 e. The highest BCUT2D eigenvalue weighted by Crippen LogP contribution is 2.35. The Kier molecular flexibility index (Phi) is 4.41. The summed E-state index contributed by atoms with van der Waals surface area (Å²) in [5.74, 6) is 1.18. The number of aromatic amines is 1. The second-order valence-electron chi connectivity index (χ2n) is 6.41. The van der Waals surface area contributed by atoms with Crippen LogP contribution in [0.2, 0.25) is 0 Å². The number of aromatic nitrogens is 4. The van der Waals surface area contributed by atoms with Gasteiger partial charge in [-0.15, -0.1) is 22.7 Å². The first-order chi connectivity index (χ1) is 14.0. The molecular weight excluding hydrogens is 428 g/mol. The Morgan fingerprint density at radius 2 is 2.10 bits per heavy atom. The van der Waals surface area contributed by atoms with Gasteiger partial charge in [-0.2, -0.15) is 0 Å². The Labute approximate surface area is 176 Å². The number of hydrogen-bond acceptors (Lipinski definition) is 8. The van der Waals surface area contributed by atoms with Gasteiger partial charge in [-0.1, -0.05) is 11.8 Å². The number of thiophene rings is 2. The van der Waals surface area contributed by atoms with Crippen LogP contribution in [0, 0.1) is 0 Å². The van der Waals surface area contributed by atoms with E-state index in [1.54, 1.807) is 19.4 Å². The number of thioether (sulfide) groups is 1. The van der Waals surface area contributed by atoms with Gasteiger partial charge in [0.15, 0.2) is 5.16 Å². The molecule has 0 aromatic carbocycles. The molecule has 0 saturated carbocycles. The predicted octanol–water partition coefficient (Wildman–Crippen LogP) is 4.41. The number of H-pyrrole nitrogens is 1. The highest BCUT2D eigenvalue weighted by Gasteiger charge is 2.19. The van der Waals surface area contributed by atoms with Crippen LogP contribution in [0.15, 0.2) is 54.4 Å². The second-order valence-corrected chi connectivity index (χ2v) is 9.49. The van der Waals surface area contributed by atoms with Crippen molar-refractivity contribution in [3.05, 3.63) is 61.8 Å². The number of furan rings is 1. The topological polar surface area (TPSA) is 93.8 Å². The minimum atomic E-state index is -0.208. The summed E-state index contributed by atoms with van der Waals surface area (Å²) in [6, 6.07) is 5.44. The smallest absolute Gasteiger partial charge is 0.271 e. The maximum atomic E-state index is 12.8. The molecule has 0 fully saturated rings. The minimum Gasteiger partial charge on any atom is -0.464 e. The molecule has 29 heavy (non-hydrogen) atoms. The number of fused-ring (bicyclic) bond motifs is 2. The number of nitrogens with one attached hydrogen (secondary N) is 1. The molecule has 0 aliphatic rings. The van der Waals surface area contributed by atoms with Gasteiger partial charge in [0.05, 0.1) is 22.4 Å². The van der Waals surface area contributed by atoms with Crippen LogP contribution in [-0.2, 0) is 7.05 Å². The summed E-state index contributed by atoms with van der Waals surface area (Å²) in [5.41, 5.74) is 1.15. The standard InChI is InChI=1S/C19H14N4O3S3/c1-9(29-19-20-11-5-7-27-14(11)18(25)23(19)2)15-21-16(24)13-10(8-28-17(13)22-15)12-4-3-6-26-12/h3-9H,1-2H3,(H,21,22,24). The highest BCUT2D eigenvalue weighted by atomic mass is 32.2. The van der Waals surface area contributed by atoms with E-state index in [-0.39, 0.29) is 16.4 Å². The zero-order valence-corrected chi connectivity index (χ0v) is 17.8. The summed E-state index contributed by atoms with van der Waals surface area (Å²) in [6.45, 7) is 1.93. The zero-order valence-electron chi connectivity index (χ0n) is 15.3. The highest BCUT2D eigenvalue weighted by molar-refractivity contribution is 7.99. The first-order valence-corrected chi connectivity index (χ1v) is 11.3. The molecule has 0 amide bonds. The van der Waals surface area contributed by atoms with Crippen molar-refractivity contribution < 1.29 is 4.42 Å². The third kappa shape index (κ3) is 3.04. The molecule has 5 aromatic rings. The molecule has 0 saturated heterocycles.